The zero-order chi connectivity index (χ0) is 19.7. The SMILES string of the molecule is CN=C(NCC(=O)NC(C)(C)C)NCc1cc(OC)c(OC)c(OC)c1.I. The van der Waals surface area contributed by atoms with Crippen LogP contribution in [0, 0.1) is 0 Å². The number of carbonyl (C=O) groups excluding carboxylic acids is 1. The van der Waals surface area contributed by atoms with Gasteiger partial charge in [0, 0.05) is 19.1 Å². The average Bonchev–Trinajstić information content (AvgIpc) is 2.59. The molecule has 0 aromatic heterocycles. The largest absolute Gasteiger partial charge is 0.493 e. The van der Waals surface area contributed by atoms with E-state index in [9.17, 15) is 4.79 Å². The van der Waals surface area contributed by atoms with Gasteiger partial charge in [-0.15, -0.1) is 24.0 Å². The van der Waals surface area contributed by atoms with Gasteiger partial charge in [-0.2, -0.15) is 0 Å². The van der Waals surface area contributed by atoms with Crippen LogP contribution in [0.2, 0.25) is 0 Å². The third-order valence-electron chi connectivity index (χ3n) is 3.34. The second-order valence-electron chi connectivity index (χ2n) is 6.61. The molecule has 1 aromatic carbocycles. The second kappa shape index (κ2) is 11.7. The molecule has 0 saturated heterocycles. The summed E-state index contributed by atoms with van der Waals surface area (Å²) in [6, 6.07) is 3.71. The molecule has 0 atom stereocenters. The molecule has 0 heterocycles. The molecule has 0 aliphatic heterocycles. The van der Waals surface area contributed by atoms with E-state index >= 15 is 0 Å². The second-order valence-corrected chi connectivity index (χ2v) is 6.61. The standard InChI is InChI=1S/C18H30N4O4.HI/c1-18(2,3)22-15(23)11-21-17(19-4)20-10-12-8-13(24-5)16(26-7)14(9-12)25-6;/h8-9H,10-11H2,1-7H3,(H,22,23)(H2,19,20,21);1H. The van der Waals surface area contributed by atoms with Crippen LogP contribution in [0.4, 0.5) is 0 Å². The van der Waals surface area contributed by atoms with Gasteiger partial charge in [0.05, 0.1) is 27.9 Å². The molecule has 0 fully saturated rings. The number of ether oxygens (including phenoxy) is 3. The lowest BCUT2D eigenvalue weighted by molar-refractivity contribution is -0.121. The van der Waals surface area contributed by atoms with E-state index in [1.165, 1.54) is 0 Å². The van der Waals surface area contributed by atoms with Crippen molar-refractivity contribution >= 4 is 35.8 Å². The molecule has 8 nitrogen and oxygen atoms in total. The van der Waals surface area contributed by atoms with E-state index in [1.54, 1.807) is 28.4 Å². The molecule has 0 radical (unpaired) electrons. The Kier molecular flexibility index (Phi) is 10.9. The van der Waals surface area contributed by atoms with Gasteiger partial charge >= 0.3 is 0 Å². The van der Waals surface area contributed by atoms with E-state index in [0.717, 1.165) is 5.56 Å². The molecule has 0 unspecified atom stereocenters. The average molecular weight is 494 g/mol. The molecule has 0 saturated carbocycles. The minimum absolute atomic E-state index is 0. The van der Waals surface area contributed by atoms with E-state index in [4.69, 9.17) is 14.2 Å². The number of aliphatic imine (C=N–C) groups is 1. The van der Waals surface area contributed by atoms with E-state index in [0.29, 0.717) is 29.8 Å². The van der Waals surface area contributed by atoms with Crippen LogP contribution in [-0.2, 0) is 11.3 Å². The third-order valence-corrected chi connectivity index (χ3v) is 3.34. The molecule has 0 bridgehead atoms. The summed E-state index contributed by atoms with van der Waals surface area (Å²) >= 11 is 0. The number of amides is 1. The molecule has 1 amide bonds. The van der Waals surface area contributed by atoms with Crippen molar-refractivity contribution in [2.24, 2.45) is 4.99 Å². The minimum Gasteiger partial charge on any atom is -0.493 e. The lowest BCUT2D eigenvalue weighted by Gasteiger charge is -2.21. The zero-order valence-corrected chi connectivity index (χ0v) is 19.4. The van der Waals surface area contributed by atoms with Crippen molar-refractivity contribution in [3.05, 3.63) is 17.7 Å². The normalized spacial score (nSPS) is 11.1. The Morgan fingerprint density at radius 3 is 2.00 bits per heavy atom. The first-order valence-electron chi connectivity index (χ1n) is 8.28. The Bertz CT molecular complexity index is 620. The number of hydrogen-bond donors (Lipinski definition) is 3. The Balaban J connectivity index is 0.00000676. The van der Waals surface area contributed by atoms with Gasteiger partial charge in [0.2, 0.25) is 11.7 Å². The maximum Gasteiger partial charge on any atom is 0.239 e. The smallest absolute Gasteiger partial charge is 0.239 e. The number of carbonyl (C=O) groups is 1. The molecule has 1 aromatic rings. The maximum absolute atomic E-state index is 11.9. The minimum atomic E-state index is -0.272. The highest BCUT2D eigenvalue weighted by molar-refractivity contribution is 14.0. The monoisotopic (exact) mass is 494 g/mol. The van der Waals surface area contributed by atoms with Crippen molar-refractivity contribution < 1.29 is 19.0 Å². The summed E-state index contributed by atoms with van der Waals surface area (Å²) in [4.78, 5) is 16.0. The summed E-state index contributed by atoms with van der Waals surface area (Å²) in [6.45, 7) is 6.40. The highest BCUT2D eigenvalue weighted by Crippen LogP contribution is 2.38. The van der Waals surface area contributed by atoms with Crippen LogP contribution in [0.5, 0.6) is 17.2 Å². The van der Waals surface area contributed by atoms with Crippen molar-refractivity contribution in [2.75, 3.05) is 34.9 Å². The van der Waals surface area contributed by atoms with Gasteiger partial charge in [-0.25, -0.2) is 0 Å². The van der Waals surface area contributed by atoms with E-state index in [2.05, 4.69) is 20.9 Å². The summed E-state index contributed by atoms with van der Waals surface area (Å²) in [7, 11) is 6.35. The Morgan fingerprint density at radius 1 is 1.04 bits per heavy atom. The summed E-state index contributed by atoms with van der Waals surface area (Å²) in [5, 5.41) is 9.02. The van der Waals surface area contributed by atoms with E-state index < -0.39 is 0 Å². The number of rotatable bonds is 7. The van der Waals surface area contributed by atoms with Crippen LogP contribution in [0.3, 0.4) is 0 Å². The molecule has 3 N–H and O–H groups in total. The Labute approximate surface area is 178 Å². The number of hydrogen-bond acceptors (Lipinski definition) is 5. The zero-order valence-electron chi connectivity index (χ0n) is 17.1. The number of nitrogens with one attached hydrogen (secondary N) is 3. The highest BCUT2D eigenvalue weighted by atomic mass is 127. The summed E-state index contributed by atoms with van der Waals surface area (Å²) in [6.07, 6.45) is 0. The third kappa shape index (κ3) is 8.55. The van der Waals surface area contributed by atoms with Crippen molar-refractivity contribution in [3.8, 4) is 17.2 Å². The number of benzene rings is 1. The molecule has 0 spiro atoms. The fraction of sp³-hybridized carbons (Fsp3) is 0.556. The molecule has 27 heavy (non-hydrogen) atoms. The lowest BCUT2D eigenvalue weighted by Crippen LogP contribution is -2.48. The molecular formula is C18H31IN4O4. The van der Waals surface area contributed by atoms with Gasteiger partial charge in [0.25, 0.3) is 0 Å². The topological polar surface area (TPSA) is 93.2 Å². The fourth-order valence-electron chi connectivity index (χ4n) is 2.27. The summed E-state index contributed by atoms with van der Waals surface area (Å²) in [5.41, 5.74) is 0.646. The molecule has 154 valence electrons. The van der Waals surface area contributed by atoms with Crippen LogP contribution in [0.25, 0.3) is 0 Å². The first kappa shape index (κ1) is 25.1. The van der Waals surface area contributed by atoms with Gasteiger partial charge in [0.1, 0.15) is 0 Å². The van der Waals surface area contributed by atoms with Crippen LogP contribution in [0.1, 0.15) is 26.3 Å². The van der Waals surface area contributed by atoms with Crippen molar-refractivity contribution in [1.29, 1.82) is 0 Å². The van der Waals surface area contributed by atoms with Crippen LogP contribution >= 0.6 is 24.0 Å². The van der Waals surface area contributed by atoms with Gasteiger partial charge in [-0.3, -0.25) is 9.79 Å². The highest BCUT2D eigenvalue weighted by Gasteiger charge is 2.15. The Morgan fingerprint density at radius 2 is 1.59 bits per heavy atom. The Hall–Kier alpha value is -1.91. The predicted molar refractivity (Wildman–Crippen MR) is 118 cm³/mol. The van der Waals surface area contributed by atoms with Gasteiger partial charge in [0.15, 0.2) is 17.5 Å². The number of guanidine groups is 1. The first-order chi connectivity index (χ1) is 12.2. The number of nitrogens with zero attached hydrogens (tertiary/aromatic N) is 1. The van der Waals surface area contributed by atoms with Gasteiger partial charge < -0.3 is 30.2 Å². The van der Waals surface area contributed by atoms with E-state index in [-0.39, 0.29) is 42.0 Å². The molecule has 0 aliphatic carbocycles. The van der Waals surface area contributed by atoms with E-state index in [1.807, 2.05) is 32.9 Å². The van der Waals surface area contributed by atoms with Crippen molar-refractivity contribution in [2.45, 2.75) is 32.9 Å². The van der Waals surface area contributed by atoms with Crippen LogP contribution in [-0.4, -0.2) is 52.3 Å². The van der Waals surface area contributed by atoms with Crippen LogP contribution < -0.4 is 30.2 Å². The van der Waals surface area contributed by atoms with Gasteiger partial charge in [-0.05, 0) is 38.5 Å². The fourth-order valence-corrected chi connectivity index (χ4v) is 2.27. The van der Waals surface area contributed by atoms with Crippen molar-refractivity contribution in [1.82, 2.24) is 16.0 Å². The quantitative estimate of drug-likeness (QED) is 0.305. The summed E-state index contributed by atoms with van der Waals surface area (Å²) < 4.78 is 16.0. The maximum atomic E-state index is 11.9. The number of methoxy groups -OCH3 is 3. The summed E-state index contributed by atoms with van der Waals surface area (Å²) in [5.74, 6) is 2.11. The number of halogens is 1. The lowest BCUT2D eigenvalue weighted by atomic mass is 10.1. The van der Waals surface area contributed by atoms with Gasteiger partial charge in [-0.1, -0.05) is 0 Å². The molecule has 0 aliphatic rings. The van der Waals surface area contributed by atoms with Crippen LogP contribution in [0.15, 0.2) is 17.1 Å². The molecular weight excluding hydrogens is 463 g/mol. The molecule has 9 heteroatoms. The van der Waals surface area contributed by atoms with Crippen molar-refractivity contribution in [3.63, 3.8) is 0 Å². The molecule has 1 rings (SSSR count). The predicted octanol–water partition coefficient (Wildman–Crippen LogP) is 1.91. The first-order valence-corrected chi connectivity index (χ1v) is 8.28.